The maximum absolute atomic E-state index is 9.15. The summed E-state index contributed by atoms with van der Waals surface area (Å²) >= 11 is 5.79. The third-order valence-electron chi connectivity index (χ3n) is 1.60. The molecule has 0 amide bonds. The highest BCUT2D eigenvalue weighted by Gasteiger charge is 2.05. The normalized spacial score (nSPS) is 12.1. The Kier molecular flexibility index (Phi) is 2.57. The molecule has 0 fully saturated rings. The molecule has 0 aromatic heterocycles. The molecule has 2 nitrogen and oxygen atoms in total. The molecule has 1 aromatic carbocycles. The van der Waals surface area contributed by atoms with Crippen molar-refractivity contribution in [2.24, 2.45) is 0 Å². The van der Waals surface area contributed by atoms with Crippen LogP contribution in [-0.2, 0) is 0 Å². The average molecular weight is 182 g/mol. The summed E-state index contributed by atoms with van der Waals surface area (Å²) in [5, 5.41) is 17.6. The van der Waals surface area contributed by atoms with Crippen molar-refractivity contribution < 1.29 is 5.11 Å². The Bertz CT molecular complexity index is 328. The predicted molar refractivity (Wildman–Crippen MR) is 47.1 cm³/mol. The molecule has 0 saturated heterocycles. The standard InChI is InChI=1S/C9H8ClNO/c1-6(10)7-2-3-9(12)8(4-7)5-11/h2-4,6,12H,1H3. The molecule has 3 heteroatoms. The summed E-state index contributed by atoms with van der Waals surface area (Å²) in [6.07, 6.45) is 0. The van der Waals surface area contributed by atoms with Gasteiger partial charge in [0.05, 0.1) is 10.9 Å². The Balaban J connectivity index is 3.16. The number of nitrogens with zero attached hydrogens (tertiary/aromatic N) is 1. The molecule has 0 bridgehead atoms. The molecule has 12 heavy (non-hydrogen) atoms. The summed E-state index contributed by atoms with van der Waals surface area (Å²) < 4.78 is 0. The van der Waals surface area contributed by atoms with Crippen molar-refractivity contribution in [2.45, 2.75) is 12.3 Å². The van der Waals surface area contributed by atoms with E-state index in [4.69, 9.17) is 22.0 Å². The van der Waals surface area contributed by atoms with Crippen LogP contribution in [0.1, 0.15) is 23.4 Å². The van der Waals surface area contributed by atoms with E-state index in [9.17, 15) is 0 Å². The van der Waals surface area contributed by atoms with Crippen molar-refractivity contribution in [1.29, 1.82) is 5.26 Å². The van der Waals surface area contributed by atoms with Gasteiger partial charge in [-0.05, 0) is 24.6 Å². The van der Waals surface area contributed by atoms with E-state index >= 15 is 0 Å². The van der Waals surface area contributed by atoms with Gasteiger partial charge in [-0.15, -0.1) is 11.6 Å². The summed E-state index contributed by atoms with van der Waals surface area (Å²) in [5.41, 5.74) is 1.10. The summed E-state index contributed by atoms with van der Waals surface area (Å²) in [7, 11) is 0. The lowest BCUT2D eigenvalue weighted by Gasteiger charge is -2.03. The van der Waals surface area contributed by atoms with E-state index in [1.165, 1.54) is 6.07 Å². The molecule has 1 unspecified atom stereocenters. The van der Waals surface area contributed by atoms with Crippen LogP contribution in [0.4, 0.5) is 0 Å². The maximum atomic E-state index is 9.15. The Morgan fingerprint density at radius 2 is 2.25 bits per heavy atom. The molecule has 0 aliphatic rings. The molecule has 1 rings (SSSR count). The highest BCUT2D eigenvalue weighted by molar-refractivity contribution is 6.20. The highest BCUT2D eigenvalue weighted by atomic mass is 35.5. The van der Waals surface area contributed by atoms with Gasteiger partial charge in [-0.3, -0.25) is 0 Å². The zero-order valence-corrected chi connectivity index (χ0v) is 7.34. The Morgan fingerprint density at radius 3 is 2.75 bits per heavy atom. The first-order chi connectivity index (χ1) is 5.65. The minimum atomic E-state index is -0.141. The number of rotatable bonds is 1. The molecule has 0 aliphatic carbocycles. The second-order valence-electron chi connectivity index (χ2n) is 2.50. The molecule has 1 atom stereocenters. The molecule has 0 aliphatic heterocycles. The van der Waals surface area contributed by atoms with Crippen LogP contribution < -0.4 is 0 Å². The van der Waals surface area contributed by atoms with E-state index in [1.54, 1.807) is 12.1 Å². The van der Waals surface area contributed by atoms with E-state index in [0.29, 0.717) is 0 Å². The molecule has 0 saturated carbocycles. The minimum absolute atomic E-state index is 0.00133. The zero-order valence-electron chi connectivity index (χ0n) is 6.58. The van der Waals surface area contributed by atoms with Gasteiger partial charge in [0.15, 0.2) is 0 Å². The van der Waals surface area contributed by atoms with Crippen LogP contribution in [-0.4, -0.2) is 5.11 Å². The smallest absolute Gasteiger partial charge is 0.133 e. The molecule has 0 radical (unpaired) electrons. The second kappa shape index (κ2) is 3.46. The van der Waals surface area contributed by atoms with Crippen LogP contribution >= 0.6 is 11.6 Å². The van der Waals surface area contributed by atoms with Crippen molar-refractivity contribution in [3.05, 3.63) is 29.3 Å². The van der Waals surface area contributed by atoms with Crippen molar-refractivity contribution >= 4 is 11.6 Å². The van der Waals surface area contributed by atoms with Gasteiger partial charge in [0.1, 0.15) is 11.8 Å². The van der Waals surface area contributed by atoms with Crippen molar-refractivity contribution in [2.75, 3.05) is 0 Å². The third kappa shape index (κ3) is 1.69. The molecule has 1 aromatic rings. The SMILES string of the molecule is CC(Cl)c1ccc(O)c(C#N)c1. The lowest BCUT2D eigenvalue weighted by atomic mass is 10.1. The van der Waals surface area contributed by atoms with Gasteiger partial charge < -0.3 is 5.11 Å². The van der Waals surface area contributed by atoms with Gasteiger partial charge in [0.25, 0.3) is 0 Å². The van der Waals surface area contributed by atoms with Crippen molar-refractivity contribution in [3.63, 3.8) is 0 Å². The van der Waals surface area contributed by atoms with Crippen LogP contribution in [0.3, 0.4) is 0 Å². The number of benzene rings is 1. The fraction of sp³-hybridized carbons (Fsp3) is 0.222. The monoisotopic (exact) mass is 181 g/mol. The first-order valence-corrected chi connectivity index (χ1v) is 3.96. The number of aromatic hydroxyl groups is 1. The van der Waals surface area contributed by atoms with Crippen LogP contribution in [0.2, 0.25) is 0 Å². The molecule has 1 N–H and O–H groups in total. The Morgan fingerprint density at radius 1 is 1.58 bits per heavy atom. The van der Waals surface area contributed by atoms with E-state index in [1.807, 2.05) is 13.0 Å². The lowest BCUT2D eigenvalue weighted by Crippen LogP contribution is -1.85. The largest absolute Gasteiger partial charge is 0.507 e. The second-order valence-corrected chi connectivity index (χ2v) is 3.16. The topological polar surface area (TPSA) is 44.0 Å². The summed E-state index contributed by atoms with van der Waals surface area (Å²) in [6.45, 7) is 1.81. The maximum Gasteiger partial charge on any atom is 0.133 e. The number of nitriles is 1. The summed E-state index contributed by atoms with van der Waals surface area (Å²) in [5.74, 6) is -0.00133. The number of hydrogen-bond donors (Lipinski definition) is 1. The van der Waals surface area contributed by atoms with E-state index in [-0.39, 0.29) is 16.7 Å². The van der Waals surface area contributed by atoms with Gasteiger partial charge in [-0.1, -0.05) is 6.07 Å². The number of hydrogen-bond acceptors (Lipinski definition) is 2. The van der Waals surface area contributed by atoms with E-state index in [2.05, 4.69) is 0 Å². The number of phenolic OH excluding ortho intramolecular Hbond substituents is 1. The van der Waals surface area contributed by atoms with E-state index in [0.717, 1.165) is 5.56 Å². The third-order valence-corrected chi connectivity index (χ3v) is 1.85. The van der Waals surface area contributed by atoms with Crippen LogP contribution in [0.25, 0.3) is 0 Å². The van der Waals surface area contributed by atoms with E-state index < -0.39 is 0 Å². The summed E-state index contributed by atoms with van der Waals surface area (Å²) in [6, 6.07) is 6.65. The van der Waals surface area contributed by atoms with Gasteiger partial charge in [-0.25, -0.2) is 0 Å². The first kappa shape index (κ1) is 8.89. The Labute approximate surface area is 76.0 Å². The predicted octanol–water partition coefficient (Wildman–Crippen LogP) is 2.56. The highest BCUT2D eigenvalue weighted by Crippen LogP contribution is 2.24. The molecule has 62 valence electrons. The van der Waals surface area contributed by atoms with Gasteiger partial charge in [0.2, 0.25) is 0 Å². The molecule has 0 heterocycles. The van der Waals surface area contributed by atoms with Crippen LogP contribution in [0.15, 0.2) is 18.2 Å². The fourth-order valence-corrected chi connectivity index (χ4v) is 1.03. The molecule has 0 spiro atoms. The average Bonchev–Trinajstić information content (AvgIpc) is 2.05. The Hall–Kier alpha value is -1.20. The quantitative estimate of drug-likeness (QED) is 0.677. The van der Waals surface area contributed by atoms with Gasteiger partial charge >= 0.3 is 0 Å². The number of alkyl halides is 1. The first-order valence-electron chi connectivity index (χ1n) is 3.52. The van der Waals surface area contributed by atoms with Crippen LogP contribution in [0.5, 0.6) is 5.75 Å². The van der Waals surface area contributed by atoms with Gasteiger partial charge in [0, 0.05) is 0 Å². The molecular formula is C9H8ClNO. The zero-order chi connectivity index (χ0) is 9.14. The minimum Gasteiger partial charge on any atom is -0.507 e. The summed E-state index contributed by atoms with van der Waals surface area (Å²) in [4.78, 5) is 0. The van der Waals surface area contributed by atoms with Gasteiger partial charge in [-0.2, -0.15) is 5.26 Å². The molecular weight excluding hydrogens is 174 g/mol. The lowest BCUT2D eigenvalue weighted by molar-refractivity contribution is 0.473. The number of halogens is 1. The van der Waals surface area contributed by atoms with Crippen molar-refractivity contribution in [1.82, 2.24) is 0 Å². The fourth-order valence-electron chi connectivity index (χ4n) is 0.891. The van der Waals surface area contributed by atoms with Crippen LogP contribution in [0, 0.1) is 11.3 Å². The number of phenols is 1. The van der Waals surface area contributed by atoms with Crippen molar-refractivity contribution in [3.8, 4) is 11.8 Å².